The summed E-state index contributed by atoms with van der Waals surface area (Å²) in [6.07, 6.45) is 0.908. The number of fused-ring (bicyclic) bond motifs is 1. The lowest BCUT2D eigenvalue weighted by Crippen LogP contribution is -2.42. The van der Waals surface area contributed by atoms with E-state index in [1.807, 2.05) is 12.1 Å². The number of rotatable bonds is 5. The van der Waals surface area contributed by atoms with Crippen molar-refractivity contribution in [2.24, 2.45) is 7.05 Å². The molecule has 0 aliphatic carbocycles. The van der Waals surface area contributed by atoms with Crippen LogP contribution in [-0.2, 0) is 16.6 Å². The van der Waals surface area contributed by atoms with Gasteiger partial charge in [0.05, 0.1) is 12.0 Å². The molecule has 0 aliphatic heterocycles. The number of benzene rings is 1. The van der Waals surface area contributed by atoms with Gasteiger partial charge in [-0.2, -0.15) is 0 Å². The highest BCUT2D eigenvalue weighted by atomic mass is 16.4. The second-order valence-corrected chi connectivity index (χ2v) is 4.63. The van der Waals surface area contributed by atoms with Gasteiger partial charge in [0, 0.05) is 24.1 Å². The zero-order chi connectivity index (χ0) is 15.6. The quantitative estimate of drug-likeness (QED) is 0.756. The molecule has 0 radical (unpaired) electrons. The number of carboxylic acids is 2. The molecule has 21 heavy (non-hydrogen) atoms. The Morgan fingerprint density at radius 2 is 1.90 bits per heavy atom. The number of aliphatic carboxylic acids is 2. The van der Waals surface area contributed by atoms with Crippen LogP contribution >= 0.6 is 0 Å². The van der Waals surface area contributed by atoms with E-state index in [2.05, 4.69) is 5.32 Å². The number of amides is 1. The summed E-state index contributed by atoms with van der Waals surface area (Å²) in [5.74, 6) is -3.29. The first-order valence-corrected chi connectivity index (χ1v) is 6.19. The van der Waals surface area contributed by atoms with Crippen LogP contribution in [0.3, 0.4) is 0 Å². The largest absolute Gasteiger partial charge is 0.481 e. The molecule has 1 heterocycles. The van der Waals surface area contributed by atoms with E-state index < -0.39 is 30.3 Å². The fourth-order valence-electron chi connectivity index (χ4n) is 2.13. The van der Waals surface area contributed by atoms with Crippen molar-refractivity contribution >= 4 is 28.7 Å². The van der Waals surface area contributed by atoms with Gasteiger partial charge in [-0.05, 0) is 6.07 Å². The minimum absolute atomic E-state index is 0.310. The highest BCUT2D eigenvalue weighted by Crippen LogP contribution is 2.20. The fraction of sp³-hybridized carbons (Fsp3) is 0.214. The van der Waals surface area contributed by atoms with Crippen molar-refractivity contribution in [1.29, 1.82) is 0 Å². The smallest absolute Gasteiger partial charge is 0.326 e. The van der Waals surface area contributed by atoms with Crippen LogP contribution in [0, 0.1) is 0 Å². The van der Waals surface area contributed by atoms with E-state index in [-0.39, 0.29) is 0 Å². The molecule has 1 atom stereocenters. The van der Waals surface area contributed by atoms with Crippen LogP contribution < -0.4 is 5.32 Å². The highest BCUT2D eigenvalue weighted by Gasteiger charge is 2.24. The third kappa shape index (κ3) is 3.02. The number of para-hydroxylation sites is 1. The number of hydrogen-bond donors (Lipinski definition) is 3. The van der Waals surface area contributed by atoms with Gasteiger partial charge in [-0.15, -0.1) is 0 Å². The summed E-state index contributed by atoms with van der Waals surface area (Å²) < 4.78 is 1.75. The van der Waals surface area contributed by atoms with Gasteiger partial charge >= 0.3 is 11.9 Å². The number of hydrogen-bond acceptors (Lipinski definition) is 3. The number of nitrogens with zero attached hydrogens (tertiary/aromatic N) is 1. The van der Waals surface area contributed by atoms with Crippen molar-refractivity contribution in [3.63, 3.8) is 0 Å². The Balaban J connectivity index is 2.30. The first-order valence-electron chi connectivity index (χ1n) is 6.19. The zero-order valence-electron chi connectivity index (χ0n) is 11.2. The first-order chi connectivity index (χ1) is 9.90. The Morgan fingerprint density at radius 1 is 1.24 bits per heavy atom. The minimum atomic E-state index is -1.46. The Kier molecular flexibility index (Phi) is 3.93. The number of carboxylic acid groups (broad SMARTS) is 2. The first kappa shape index (κ1) is 14.6. The summed E-state index contributed by atoms with van der Waals surface area (Å²) in [6.45, 7) is 0. The summed E-state index contributed by atoms with van der Waals surface area (Å²) in [5.41, 5.74) is 1.14. The standard InChI is InChI=1S/C14H14N2O5/c1-16-7-9(8-4-2-3-5-11(8)16)13(19)15-10(14(20)21)6-12(17)18/h2-5,7,10H,6H2,1H3,(H,15,19)(H,17,18)(H,20,21)/t10-/m1/s1. The van der Waals surface area contributed by atoms with Crippen molar-refractivity contribution in [3.05, 3.63) is 36.0 Å². The molecule has 2 rings (SSSR count). The average Bonchev–Trinajstić information content (AvgIpc) is 2.75. The van der Waals surface area contributed by atoms with Crippen LogP contribution in [0.15, 0.2) is 30.5 Å². The van der Waals surface area contributed by atoms with Crippen LogP contribution in [0.2, 0.25) is 0 Å². The molecule has 1 aromatic heterocycles. The molecule has 3 N–H and O–H groups in total. The molecule has 0 aliphatic rings. The SMILES string of the molecule is Cn1cc(C(=O)N[C@H](CC(=O)O)C(=O)O)c2ccccc21. The zero-order valence-corrected chi connectivity index (χ0v) is 11.2. The summed E-state index contributed by atoms with van der Waals surface area (Å²) in [6, 6.07) is 5.71. The van der Waals surface area contributed by atoms with E-state index in [1.165, 1.54) is 0 Å². The van der Waals surface area contributed by atoms with E-state index in [4.69, 9.17) is 10.2 Å². The van der Waals surface area contributed by atoms with Gasteiger partial charge in [-0.25, -0.2) is 4.79 Å². The molecule has 7 nitrogen and oxygen atoms in total. The second-order valence-electron chi connectivity index (χ2n) is 4.63. The summed E-state index contributed by atoms with van der Waals surface area (Å²) in [7, 11) is 1.77. The molecule has 0 fully saturated rings. The molecular weight excluding hydrogens is 276 g/mol. The lowest BCUT2D eigenvalue weighted by molar-refractivity contribution is -0.145. The van der Waals surface area contributed by atoms with Crippen LogP contribution in [0.5, 0.6) is 0 Å². The van der Waals surface area contributed by atoms with Gasteiger partial charge in [0.1, 0.15) is 6.04 Å². The summed E-state index contributed by atoms with van der Waals surface area (Å²) >= 11 is 0. The monoisotopic (exact) mass is 290 g/mol. The molecule has 1 aromatic carbocycles. The molecular formula is C14H14N2O5. The number of aromatic nitrogens is 1. The summed E-state index contributed by atoms with van der Waals surface area (Å²) in [4.78, 5) is 33.8. The van der Waals surface area contributed by atoms with E-state index >= 15 is 0 Å². The number of aryl methyl sites for hydroxylation is 1. The van der Waals surface area contributed by atoms with Crippen LogP contribution in [0.1, 0.15) is 16.8 Å². The van der Waals surface area contributed by atoms with Crippen LogP contribution in [-0.4, -0.2) is 38.7 Å². The normalized spacial score (nSPS) is 12.0. The van der Waals surface area contributed by atoms with Gasteiger partial charge < -0.3 is 20.1 Å². The number of carbonyl (C=O) groups is 3. The molecule has 7 heteroatoms. The lowest BCUT2D eigenvalue weighted by atomic mass is 10.1. The molecule has 0 unspecified atom stereocenters. The van der Waals surface area contributed by atoms with Crippen molar-refractivity contribution < 1.29 is 24.6 Å². The third-order valence-corrected chi connectivity index (χ3v) is 3.12. The van der Waals surface area contributed by atoms with Gasteiger partial charge in [0.25, 0.3) is 5.91 Å². The van der Waals surface area contributed by atoms with Gasteiger partial charge in [0.2, 0.25) is 0 Å². The molecule has 0 bridgehead atoms. The van der Waals surface area contributed by atoms with Gasteiger partial charge in [-0.3, -0.25) is 9.59 Å². The Morgan fingerprint density at radius 3 is 2.52 bits per heavy atom. The van der Waals surface area contributed by atoms with Crippen LogP contribution in [0.25, 0.3) is 10.9 Å². The Hall–Kier alpha value is -2.83. The van der Waals surface area contributed by atoms with Crippen molar-refractivity contribution in [2.75, 3.05) is 0 Å². The fourth-order valence-corrected chi connectivity index (χ4v) is 2.13. The topological polar surface area (TPSA) is 109 Å². The van der Waals surface area contributed by atoms with Gasteiger partial charge in [0.15, 0.2) is 0 Å². The van der Waals surface area contributed by atoms with Crippen molar-refractivity contribution in [3.8, 4) is 0 Å². The maximum atomic E-state index is 12.2. The van der Waals surface area contributed by atoms with E-state index in [0.29, 0.717) is 10.9 Å². The molecule has 0 saturated heterocycles. The predicted molar refractivity (Wildman–Crippen MR) is 74.1 cm³/mol. The Bertz CT molecular complexity index is 719. The summed E-state index contributed by atoms with van der Waals surface area (Å²) in [5, 5.41) is 20.5. The van der Waals surface area contributed by atoms with E-state index in [0.717, 1.165) is 5.52 Å². The van der Waals surface area contributed by atoms with E-state index in [1.54, 1.807) is 29.9 Å². The number of carbonyl (C=O) groups excluding carboxylic acids is 1. The van der Waals surface area contributed by atoms with Gasteiger partial charge in [-0.1, -0.05) is 18.2 Å². The molecule has 1 amide bonds. The molecule has 2 aromatic rings. The molecule has 0 saturated carbocycles. The maximum Gasteiger partial charge on any atom is 0.326 e. The number of nitrogens with one attached hydrogen (secondary N) is 1. The van der Waals surface area contributed by atoms with Crippen molar-refractivity contribution in [1.82, 2.24) is 9.88 Å². The lowest BCUT2D eigenvalue weighted by Gasteiger charge is -2.11. The predicted octanol–water partition coefficient (Wildman–Crippen LogP) is 0.836. The van der Waals surface area contributed by atoms with Crippen molar-refractivity contribution in [2.45, 2.75) is 12.5 Å². The Labute approximate surface area is 119 Å². The molecule has 0 spiro atoms. The molecule has 110 valence electrons. The maximum absolute atomic E-state index is 12.2. The highest BCUT2D eigenvalue weighted by molar-refractivity contribution is 6.08. The van der Waals surface area contributed by atoms with Crippen LogP contribution in [0.4, 0.5) is 0 Å². The average molecular weight is 290 g/mol. The van der Waals surface area contributed by atoms with E-state index in [9.17, 15) is 14.4 Å². The minimum Gasteiger partial charge on any atom is -0.481 e. The second kappa shape index (κ2) is 5.66. The third-order valence-electron chi connectivity index (χ3n) is 3.12.